The van der Waals surface area contributed by atoms with Crippen LogP contribution in [0.3, 0.4) is 0 Å². The third-order valence-corrected chi connectivity index (χ3v) is 21.5. The van der Waals surface area contributed by atoms with Gasteiger partial charge in [-0.3, -0.25) is 39.2 Å². The fraction of sp³-hybridized carbons (Fsp3) is 0.473. The number of benzene rings is 3. The molecule has 1 saturated heterocycles. The molecule has 7 N–H and O–H groups in total. The van der Waals surface area contributed by atoms with Crippen molar-refractivity contribution in [3.8, 4) is 5.75 Å². The van der Waals surface area contributed by atoms with Gasteiger partial charge in [-0.2, -0.15) is 0 Å². The number of carbonyl (C=O) groups excluding carboxylic acids is 6. The van der Waals surface area contributed by atoms with E-state index in [1.165, 1.54) is 40.5 Å². The number of pyridine rings is 1. The lowest BCUT2D eigenvalue weighted by atomic mass is 9.38. The molecular formula is C74H84N8O17S. The maximum atomic E-state index is 13.8. The van der Waals surface area contributed by atoms with Gasteiger partial charge in [0.1, 0.15) is 42.3 Å². The maximum Gasteiger partial charge on any atom is 0.409 e. The third-order valence-electron chi connectivity index (χ3n) is 20.5. The summed E-state index contributed by atoms with van der Waals surface area (Å²) in [6.45, 7) is 8.37. The number of amides is 5. The third kappa shape index (κ3) is 15.6. The maximum absolute atomic E-state index is 13.8. The van der Waals surface area contributed by atoms with Gasteiger partial charge in [0.15, 0.2) is 16.9 Å². The monoisotopic (exact) mass is 1390 g/mol. The summed E-state index contributed by atoms with van der Waals surface area (Å²) in [6.07, 6.45) is 6.66. The average molecular weight is 1390 g/mol. The van der Waals surface area contributed by atoms with Crippen molar-refractivity contribution < 1.29 is 82.8 Å². The number of aliphatic imine (C=N–C) groups is 1. The largest absolute Gasteiger partial charge is 0.479 e. The van der Waals surface area contributed by atoms with E-state index in [0.29, 0.717) is 66.4 Å². The lowest BCUT2D eigenvalue weighted by Gasteiger charge is -2.69. The van der Waals surface area contributed by atoms with E-state index in [0.717, 1.165) is 82.3 Å². The highest BCUT2D eigenvalue weighted by atomic mass is 32.1. The Morgan fingerprint density at radius 1 is 0.820 bits per heavy atom. The number of aliphatic hydroxyl groups excluding tert-OH is 3. The molecule has 4 aliphatic carbocycles. The molecule has 0 radical (unpaired) electrons. The number of thiazole rings is 1. The number of aromatic carboxylic acids is 1. The molecule has 0 spiro atoms. The Hall–Kier alpha value is -9.05. The number of nitrogens with one attached hydrogen (secondary N) is 2. The van der Waals surface area contributed by atoms with Crippen molar-refractivity contribution in [2.45, 2.75) is 166 Å². The number of anilines is 3. The van der Waals surface area contributed by atoms with Gasteiger partial charge in [0.2, 0.25) is 12.2 Å². The summed E-state index contributed by atoms with van der Waals surface area (Å²) in [5.41, 5.74) is 5.43. The normalized spacial score (nSPS) is 26.6. The zero-order chi connectivity index (χ0) is 70.8. The molecule has 3 unspecified atom stereocenters. The van der Waals surface area contributed by atoms with Crippen molar-refractivity contribution in [3.63, 3.8) is 0 Å². The second kappa shape index (κ2) is 29.3. The number of aliphatic hydroxyl groups is 3. The van der Waals surface area contributed by atoms with Crippen LogP contribution in [0.5, 0.6) is 5.75 Å². The van der Waals surface area contributed by atoms with Crippen molar-refractivity contribution in [3.05, 3.63) is 130 Å². The number of Topliss-reactive ketones (excluding diaryl/α,β-unsaturated/α-hetero) is 1. The SMILES string of the molecule is CC1=C(c2ccc(N3CCc4cccc(C(=O)Nc5nc6ccccc6s5)c4C3)nc2C(=O)O)C=NC1CC12CC3(C)CC(C)(C1)CC(OCCN(C)C(=O)OC/C=C/c1ccc(O[C@@H]4O[C@H](C(=O)O)[C@H](O)[C@H](O)[C@@H]4O)c(NC(=O)CCCC(=O)CCCCCN4C(=O)C=CC4=O)c1)(C3)C2. The molecule has 5 fully saturated rings. The van der Waals surface area contributed by atoms with Crippen LogP contribution in [0.2, 0.25) is 0 Å². The van der Waals surface area contributed by atoms with Crippen LogP contribution >= 0.6 is 11.3 Å². The van der Waals surface area contributed by atoms with Crippen molar-refractivity contribution in [2.75, 3.05) is 55.4 Å². The number of ketones is 1. The van der Waals surface area contributed by atoms with Crippen molar-refractivity contribution in [1.82, 2.24) is 19.8 Å². The van der Waals surface area contributed by atoms with E-state index >= 15 is 0 Å². The molecule has 13 rings (SSSR count). The quantitative estimate of drug-likeness (QED) is 0.0181. The van der Waals surface area contributed by atoms with Gasteiger partial charge in [-0.15, -0.1) is 0 Å². The molecule has 100 heavy (non-hydrogen) atoms. The summed E-state index contributed by atoms with van der Waals surface area (Å²) < 4.78 is 24.8. The Morgan fingerprint density at radius 3 is 2.33 bits per heavy atom. The molecule has 4 saturated carbocycles. The fourth-order valence-corrected chi connectivity index (χ4v) is 17.8. The van der Waals surface area contributed by atoms with Gasteiger partial charge in [-0.25, -0.2) is 24.4 Å². The van der Waals surface area contributed by atoms with E-state index in [-0.39, 0.29) is 115 Å². The molecule has 8 atom stereocenters. The molecule has 5 amide bonds. The minimum absolute atomic E-state index is 0.00713. The highest BCUT2D eigenvalue weighted by Crippen LogP contribution is 2.73. The van der Waals surface area contributed by atoms with Gasteiger partial charge < -0.3 is 59.6 Å². The van der Waals surface area contributed by atoms with Gasteiger partial charge in [-0.1, -0.05) is 68.0 Å². The Bertz CT molecular complexity index is 4110. The average Bonchev–Trinajstić information content (AvgIpc) is 0.742. The first-order valence-corrected chi connectivity index (χ1v) is 34.9. The number of hydrogen-bond acceptors (Lipinski definition) is 20. The number of imide groups is 1. The summed E-state index contributed by atoms with van der Waals surface area (Å²) >= 11 is 1.41. The summed E-state index contributed by atoms with van der Waals surface area (Å²) in [7, 11) is 1.64. The number of nitrogens with zero attached hydrogens (tertiary/aromatic N) is 6. The smallest absolute Gasteiger partial charge is 0.409 e. The van der Waals surface area contributed by atoms with Crippen molar-refractivity contribution in [2.24, 2.45) is 21.2 Å². The number of hydrogen-bond donors (Lipinski definition) is 7. The Balaban J connectivity index is 0.642. The van der Waals surface area contributed by atoms with Crippen LogP contribution in [0.4, 0.5) is 21.4 Å². The molecule has 528 valence electrons. The lowest BCUT2D eigenvalue weighted by molar-refractivity contribution is -0.271. The standard InChI is InChI=1S/C74H84N8O17S/c1-43-49(47-22-24-56(78-60(47)66(91)92)81-29-27-45-14-10-17-48(50(45)36-81)65(90)79-69-77-51-18-7-8-19-55(51)100-69)35-75-53(43)34-73-38-71(2)37-72(3,39-73)41-74(40-71,42-73)97-32-30-80(4)70(95)96-31-12-13-44-21-23-54(98-68-63(89)61(87)62(88)64(99-68)67(93)94)52(33-44)76-57(84)20-11-16-46(83)15-6-5-9-28-82-58(85)25-26-59(82)86/h7-8,10,12-14,17-19,21-26,33,35,53,61-64,68,87-89H,5-6,9,11,15-16,20,27-32,34,36-42H2,1-4H3,(H,76,84)(H,91,92)(H,93,94)(H,77,79,90)/b13-12+/t53?,61-,62+,63-,64-,68+,71?,72?,73?,74?/m0/s1. The molecule has 25 nitrogen and oxygen atoms in total. The highest BCUT2D eigenvalue weighted by Gasteiger charge is 2.66. The molecule has 4 aliphatic heterocycles. The van der Waals surface area contributed by atoms with Crippen LogP contribution in [0.15, 0.2) is 102 Å². The zero-order valence-corrected chi connectivity index (χ0v) is 57.2. The summed E-state index contributed by atoms with van der Waals surface area (Å²) in [5, 5.41) is 58.1. The van der Waals surface area contributed by atoms with E-state index in [1.807, 2.05) is 66.6 Å². The van der Waals surface area contributed by atoms with Crippen LogP contribution in [-0.4, -0.2) is 181 Å². The molecule has 4 bridgehead atoms. The summed E-state index contributed by atoms with van der Waals surface area (Å²) in [4.78, 5) is 121. The predicted octanol–water partition coefficient (Wildman–Crippen LogP) is 9.17. The number of aromatic nitrogens is 2. The van der Waals surface area contributed by atoms with Crippen molar-refractivity contribution >= 4 is 103 Å². The van der Waals surface area contributed by atoms with Crippen LogP contribution < -0.4 is 20.3 Å². The number of aliphatic carboxylic acids is 1. The number of allylic oxidation sites excluding steroid dienone is 1. The Kier molecular flexibility index (Phi) is 20.7. The number of para-hydroxylation sites is 1. The second-order valence-corrected chi connectivity index (χ2v) is 29.7. The van der Waals surface area contributed by atoms with E-state index in [4.69, 9.17) is 28.9 Å². The highest BCUT2D eigenvalue weighted by molar-refractivity contribution is 7.22. The number of carboxylic acids is 2. The summed E-state index contributed by atoms with van der Waals surface area (Å²) in [6, 6.07) is 21.4. The van der Waals surface area contributed by atoms with Gasteiger partial charge in [0.05, 0.1) is 34.2 Å². The van der Waals surface area contributed by atoms with Gasteiger partial charge in [0, 0.05) is 87.6 Å². The summed E-state index contributed by atoms with van der Waals surface area (Å²) in [5.74, 6) is -3.90. The number of likely N-dealkylation sites (N-methyl/N-ethyl adjacent to an activating group) is 1. The first-order chi connectivity index (χ1) is 47.8. The Morgan fingerprint density at radius 2 is 1.58 bits per heavy atom. The molecule has 2 aromatic heterocycles. The molecule has 3 aromatic carbocycles. The predicted molar refractivity (Wildman–Crippen MR) is 371 cm³/mol. The minimum atomic E-state index is -1.97. The van der Waals surface area contributed by atoms with E-state index in [9.17, 15) is 63.9 Å². The molecule has 5 aromatic rings. The lowest BCUT2D eigenvalue weighted by Crippen LogP contribution is -2.64. The minimum Gasteiger partial charge on any atom is -0.479 e. The van der Waals surface area contributed by atoms with Gasteiger partial charge >= 0.3 is 18.0 Å². The van der Waals surface area contributed by atoms with Crippen LogP contribution in [0, 0.1) is 16.2 Å². The topological polar surface area (TPSA) is 347 Å². The van der Waals surface area contributed by atoms with E-state index < -0.39 is 60.2 Å². The fourth-order valence-electron chi connectivity index (χ4n) is 17.0. The number of carbonyl (C=O) groups is 8. The van der Waals surface area contributed by atoms with E-state index in [2.05, 4.69) is 29.5 Å². The first kappa shape index (κ1) is 70.8. The first-order valence-electron chi connectivity index (χ1n) is 34.1. The number of rotatable bonds is 28. The molecule has 6 heterocycles. The number of ether oxygens (including phenoxy) is 4. The van der Waals surface area contributed by atoms with Crippen LogP contribution in [0.25, 0.3) is 21.9 Å². The van der Waals surface area contributed by atoms with Gasteiger partial charge in [0.25, 0.3) is 17.7 Å². The Labute approximate surface area is 581 Å². The molecule has 8 aliphatic rings. The van der Waals surface area contributed by atoms with Crippen molar-refractivity contribution in [1.29, 1.82) is 0 Å². The number of fused-ring (bicyclic) bond motifs is 2. The zero-order valence-electron chi connectivity index (χ0n) is 56.4. The number of unbranched alkanes of at least 4 members (excludes halogenated alkanes) is 2. The second-order valence-electron chi connectivity index (χ2n) is 28.7. The van der Waals surface area contributed by atoms with Gasteiger partial charge in [-0.05, 0) is 165 Å². The molecule has 26 heteroatoms. The molecular weight excluding hydrogens is 1300 g/mol. The van der Waals surface area contributed by atoms with Crippen LogP contribution in [-0.2, 0) is 51.1 Å². The number of carboxylic acid groups (broad SMARTS) is 2. The van der Waals surface area contributed by atoms with E-state index in [1.54, 1.807) is 31.3 Å². The van der Waals surface area contributed by atoms with Crippen LogP contribution in [0.1, 0.15) is 154 Å².